The van der Waals surface area contributed by atoms with Gasteiger partial charge in [-0.2, -0.15) is 13.2 Å². The van der Waals surface area contributed by atoms with Gasteiger partial charge in [-0.15, -0.1) is 12.6 Å². The molecule has 0 aliphatic heterocycles. The maximum Gasteiger partial charge on any atom is 0.467 e. The van der Waals surface area contributed by atoms with E-state index in [4.69, 9.17) is 10.1 Å². The van der Waals surface area contributed by atoms with E-state index in [2.05, 4.69) is 28.5 Å². The van der Waals surface area contributed by atoms with E-state index in [1.54, 1.807) is 0 Å². The second-order valence-electron chi connectivity index (χ2n) is 6.29. The molecular formula is C21H25F3N2O2S2. The number of amidine groups is 1. The molecule has 30 heavy (non-hydrogen) atoms. The number of hydrogen-bond donors (Lipinski definition) is 2. The Morgan fingerprint density at radius 1 is 1.13 bits per heavy atom. The van der Waals surface area contributed by atoms with E-state index in [9.17, 15) is 13.2 Å². The summed E-state index contributed by atoms with van der Waals surface area (Å²) in [6.45, 7) is 9.07. The maximum atomic E-state index is 11.9. The minimum atomic E-state index is -4.35. The Bertz CT molecular complexity index is 841. The highest BCUT2D eigenvalue weighted by Crippen LogP contribution is 2.31. The number of ether oxygens (including phenoxy) is 1. The van der Waals surface area contributed by atoms with Crippen molar-refractivity contribution in [1.29, 1.82) is 5.41 Å². The summed E-state index contributed by atoms with van der Waals surface area (Å²) in [5, 5.41) is 7.32. The molecule has 0 aromatic heterocycles. The lowest BCUT2D eigenvalue weighted by Crippen LogP contribution is -2.04. The predicted molar refractivity (Wildman–Crippen MR) is 121 cm³/mol. The van der Waals surface area contributed by atoms with E-state index in [0.29, 0.717) is 6.42 Å². The van der Waals surface area contributed by atoms with Crippen LogP contribution in [0.2, 0.25) is 0 Å². The van der Waals surface area contributed by atoms with E-state index >= 15 is 0 Å². The van der Waals surface area contributed by atoms with Gasteiger partial charge in [-0.3, -0.25) is 5.41 Å². The third kappa shape index (κ3) is 9.69. The normalized spacial score (nSPS) is 10.8. The Morgan fingerprint density at radius 3 is 2.30 bits per heavy atom. The Balaban J connectivity index is 0.000000346. The number of benzene rings is 2. The van der Waals surface area contributed by atoms with Crippen LogP contribution in [0.3, 0.4) is 0 Å². The lowest BCUT2D eigenvalue weighted by molar-refractivity contribution is -0.0396. The fourth-order valence-electron chi connectivity index (χ4n) is 2.41. The summed E-state index contributed by atoms with van der Waals surface area (Å²) < 4.78 is 45.5. The van der Waals surface area contributed by atoms with Gasteiger partial charge in [0.25, 0.3) is 0 Å². The minimum absolute atomic E-state index is 0.0111. The van der Waals surface area contributed by atoms with Crippen LogP contribution in [0.1, 0.15) is 27.8 Å². The van der Waals surface area contributed by atoms with Gasteiger partial charge in [0.05, 0.1) is 6.61 Å². The molecule has 1 N–H and O–H groups in total. The zero-order valence-corrected chi connectivity index (χ0v) is 18.8. The molecule has 0 unspecified atom stereocenters. The first-order valence-electron chi connectivity index (χ1n) is 8.90. The monoisotopic (exact) mass is 458 g/mol. The Hall–Kier alpha value is -1.97. The van der Waals surface area contributed by atoms with Crippen LogP contribution in [-0.4, -0.2) is 30.6 Å². The van der Waals surface area contributed by atoms with Crippen LogP contribution >= 0.6 is 24.7 Å². The molecule has 0 saturated heterocycles. The molecule has 2 rings (SSSR count). The topological polar surface area (TPSA) is 54.7 Å². The van der Waals surface area contributed by atoms with Crippen molar-refractivity contribution in [3.63, 3.8) is 0 Å². The Kier molecular flexibility index (Phi) is 11.0. The molecule has 0 spiro atoms. The first-order chi connectivity index (χ1) is 14.1. The standard InChI is InChI=1S/C12H15F3O2S2.C9H10N2/c1-8-6-11(16-7-18)9(2)5-10(8)3-4-17-19-12(13,14)15;1-7-3-5-8(6-4-7)9(10)11-2/h5-6,18H,3-4,7H2,1-2H3;3-6,10H,2H2,1H3. The van der Waals surface area contributed by atoms with Gasteiger partial charge >= 0.3 is 5.51 Å². The molecule has 2 aromatic rings. The fraction of sp³-hybridized carbons (Fsp3) is 0.333. The van der Waals surface area contributed by atoms with Gasteiger partial charge in [0, 0.05) is 5.56 Å². The summed E-state index contributed by atoms with van der Waals surface area (Å²) in [6, 6.07) is 11.4. The van der Waals surface area contributed by atoms with Crippen molar-refractivity contribution in [3.05, 3.63) is 64.2 Å². The van der Waals surface area contributed by atoms with Crippen molar-refractivity contribution in [3.8, 4) is 5.75 Å². The van der Waals surface area contributed by atoms with Crippen molar-refractivity contribution in [2.24, 2.45) is 4.99 Å². The molecule has 0 saturated carbocycles. The molecule has 0 amide bonds. The third-order valence-electron chi connectivity index (χ3n) is 3.94. The zero-order valence-electron chi connectivity index (χ0n) is 17.0. The van der Waals surface area contributed by atoms with E-state index in [1.807, 2.05) is 57.2 Å². The lowest BCUT2D eigenvalue weighted by Gasteiger charge is -2.12. The van der Waals surface area contributed by atoms with E-state index in [0.717, 1.165) is 28.0 Å². The molecule has 0 radical (unpaired) electrons. The molecule has 0 heterocycles. The zero-order chi connectivity index (χ0) is 22.7. The fourth-order valence-corrected chi connectivity index (χ4v) is 2.85. The largest absolute Gasteiger partial charge is 0.483 e. The first kappa shape index (κ1) is 26.1. The third-order valence-corrected chi connectivity index (χ3v) is 4.55. The summed E-state index contributed by atoms with van der Waals surface area (Å²) in [6.07, 6.45) is 0.427. The number of nitrogens with zero attached hydrogens (tertiary/aromatic N) is 1. The summed E-state index contributed by atoms with van der Waals surface area (Å²) in [5.41, 5.74) is 0.485. The molecule has 0 bridgehead atoms. The van der Waals surface area contributed by atoms with E-state index in [1.165, 1.54) is 5.56 Å². The van der Waals surface area contributed by atoms with Crippen molar-refractivity contribution < 1.29 is 22.1 Å². The number of alkyl halides is 3. The van der Waals surface area contributed by atoms with Crippen LogP contribution in [-0.2, 0) is 10.6 Å². The molecule has 4 nitrogen and oxygen atoms in total. The van der Waals surface area contributed by atoms with Crippen LogP contribution in [0.5, 0.6) is 5.75 Å². The van der Waals surface area contributed by atoms with Gasteiger partial charge in [-0.25, -0.2) is 4.99 Å². The van der Waals surface area contributed by atoms with Crippen LogP contribution < -0.4 is 4.74 Å². The highest BCUT2D eigenvalue weighted by Gasteiger charge is 2.29. The molecule has 0 atom stereocenters. The number of thiol groups is 1. The van der Waals surface area contributed by atoms with Crippen molar-refractivity contribution >= 4 is 37.2 Å². The average molecular weight is 459 g/mol. The number of aliphatic imine (C=N–C) groups is 1. The van der Waals surface area contributed by atoms with Crippen molar-refractivity contribution in [2.45, 2.75) is 32.7 Å². The molecule has 0 aliphatic carbocycles. The second-order valence-corrected chi connectivity index (χ2v) is 7.41. The number of hydrogen-bond acceptors (Lipinski definition) is 5. The molecule has 2 aromatic carbocycles. The summed E-state index contributed by atoms with van der Waals surface area (Å²) in [7, 11) is 0. The summed E-state index contributed by atoms with van der Waals surface area (Å²) >= 11 is 3.52. The highest BCUT2D eigenvalue weighted by molar-refractivity contribution is 7.95. The van der Waals surface area contributed by atoms with Gasteiger partial charge in [-0.05, 0) is 56.7 Å². The molecule has 9 heteroatoms. The van der Waals surface area contributed by atoms with E-state index in [-0.39, 0.29) is 18.4 Å². The molecule has 0 aliphatic rings. The number of aryl methyl sites for hydroxylation is 3. The maximum absolute atomic E-state index is 11.9. The Morgan fingerprint density at radius 2 is 1.77 bits per heavy atom. The summed E-state index contributed by atoms with van der Waals surface area (Å²) in [4.78, 5) is 3.52. The van der Waals surface area contributed by atoms with Crippen LogP contribution in [0, 0.1) is 26.2 Å². The Labute approximate surface area is 185 Å². The highest BCUT2D eigenvalue weighted by atomic mass is 32.2. The van der Waals surface area contributed by atoms with Gasteiger partial charge in [0.1, 0.15) is 23.7 Å². The van der Waals surface area contributed by atoms with Crippen LogP contribution in [0.15, 0.2) is 41.4 Å². The van der Waals surface area contributed by atoms with Crippen molar-refractivity contribution in [1.82, 2.24) is 0 Å². The second kappa shape index (κ2) is 12.7. The van der Waals surface area contributed by atoms with Crippen molar-refractivity contribution in [2.75, 3.05) is 12.5 Å². The first-order valence-corrected chi connectivity index (χ1v) is 10.3. The van der Waals surface area contributed by atoms with Gasteiger partial charge in [-0.1, -0.05) is 35.9 Å². The van der Waals surface area contributed by atoms with Crippen LogP contribution in [0.25, 0.3) is 0 Å². The van der Waals surface area contributed by atoms with Gasteiger partial charge in [0.2, 0.25) is 0 Å². The number of nitrogens with one attached hydrogen (secondary N) is 1. The minimum Gasteiger partial charge on any atom is -0.483 e. The molecule has 164 valence electrons. The van der Waals surface area contributed by atoms with Gasteiger partial charge < -0.3 is 8.92 Å². The molecular weight excluding hydrogens is 433 g/mol. The quantitative estimate of drug-likeness (QED) is 0.128. The lowest BCUT2D eigenvalue weighted by atomic mass is 10.0. The number of rotatable bonds is 7. The van der Waals surface area contributed by atoms with E-state index < -0.39 is 17.6 Å². The van der Waals surface area contributed by atoms with Crippen LogP contribution in [0.4, 0.5) is 13.2 Å². The molecule has 0 fully saturated rings. The summed E-state index contributed by atoms with van der Waals surface area (Å²) in [5.74, 6) is 1.25. The smallest absolute Gasteiger partial charge is 0.467 e. The average Bonchev–Trinajstić information content (AvgIpc) is 2.68. The predicted octanol–water partition coefficient (Wildman–Crippen LogP) is 6.32. The number of halogens is 3. The van der Waals surface area contributed by atoms with Gasteiger partial charge in [0.15, 0.2) is 5.84 Å². The SMILES string of the molecule is C=NC(=N)c1ccc(C)cc1.Cc1cc(OCS)c(C)cc1CCOSC(F)(F)F.